The van der Waals surface area contributed by atoms with Crippen LogP contribution in [0.2, 0.25) is 0 Å². The monoisotopic (exact) mass is 225 g/mol. The van der Waals surface area contributed by atoms with E-state index in [1.807, 2.05) is 0 Å². The first-order chi connectivity index (χ1) is 7.27. The number of hydrogen-bond acceptors (Lipinski definition) is 4. The number of nitrogens with one attached hydrogen (secondary N) is 1. The fraction of sp³-hybridized carbons (Fsp3) is 0.600. The van der Waals surface area contributed by atoms with Crippen molar-refractivity contribution in [3.8, 4) is 0 Å². The van der Waals surface area contributed by atoms with E-state index in [0.29, 0.717) is 4.88 Å². The van der Waals surface area contributed by atoms with Crippen molar-refractivity contribution in [2.45, 2.75) is 37.8 Å². The summed E-state index contributed by atoms with van der Waals surface area (Å²) >= 11 is 1.36. The molecule has 0 saturated heterocycles. The number of hydrogen-bond donors (Lipinski definition) is 2. The molecule has 1 fully saturated rings. The Bertz CT molecular complexity index is 325. The minimum Gasteiger partial charge on any atom is -0.347 e. The quantitative estimate of drug-likeness (QED) is 0.793. The highest BCUT2D eigenvalue weighted by atomic mass is 32.1. The van der Waals surface area contributed by atoms with Crippen LogP contribution in [0.25, 0.3) is 0 Å². The molecule has 1 aromatic rings. The molecule has 0 spiro atoms. The second kappa shape index (κ2) is 4.72. The Kier molecular flexibility index (Phi) is 3.33. The first-order valence-corrected chi connectivity index (χ1v) is 6.10. The molecule has 15 heavy (non-hydrogen) atoms. The van der Waals surface area contributed by atoms with Gasteiger partial charge in [0.25, 0.3) is 5.91 Å². The maximum absolute atomic E-state index is 11.7. The fourth-order valence-corrected chi connectivity index (χ4v) is 2.43. The minimum atomic E-state index is -0.0418. The lowest BCUT2D eigenvalue weighted by Crippen LogP contribution is -2.49. The van der Waals surface area contributed by atoms with Crippen LogP contribution in [0.5, 0.6) is 0 Å². The first-order valence-electron chi connectivity index (χ1n) is 5.22. The van der Waals surface area contributed by atoms with Crippen molar-refractivity contribution in [2.24, 2.45) is 5.73 Å². The summed E-state index contributed by atoms with van der Waals surface area (Å²) in [6.45, 7) is 0. The molecular weight excluding hydrogens is 210 g/mol. The normalized spacial score (nSPS) is 26.2. The molecule has 2 atom stereocenters. The number of carbonyl (C=O) groups excluding carboxylic acids is 1. The smallest absolute Gasteiger partial charge is 0.263 e. The van der Waals surface area contributed by atoms with E-state index >= 15 is 0 Å². The number of thiazole rings is 1. The molecule has 1 aliphatic rings. The maximum Gasteiger partial charge on any atom is 0.263 e. The van der Waals surface area contributed by atoms with E-state index in [4.69, 9.17) is 5.73 Å². The molecule has 1 aliphatic carbocycles. The average molecular weight is 225 g/mol. The predicted octanol–water partition coefficient (Wildman–Crippen LogP) is 1.14. The molecule has 0 unspecified atom stereocenters. The number of aromatic nitrogens is 1. The molecule has 2 rings (SSSR count). The molecule has 3 N–H and O–H groups in total. The number of rotatable bonds is 2. The van der Waals surface area contributed by atoms with Crippen LogP contribution in [0.1, 0.15) is 35.4 Å². The van der Waals surface area contributed by atoms with Crippen LogP contribution < -0.4 is 11.1 Å². The zero-order valence-corrected chi connectivity index (χ0v) is 9.30. The third-order valence-corrected chi connectivity index (χ3v) is 3.56. The molecule has 1 aromatic heterocycles. The van der Waals surface area contributed by atoms with Crippen LogP contribution in [0, 0.1) is 0 Å². The highest BCUT2D eigenvalue weighted by molar-refractivity contribution is 7.11. The number of nitrogens with two attached hydrogens (primary N) is 1. The highest BCUT2D eigenvalue weighted by Crippen LogP contribution is 2.17. The van der Waals surface area contributed by atoms with Gasteiger partial charge in [-0.05, 0) is 12.8 Å². The van der Waals surface area contributed by atoms with Crippen molar-refractivity contribution < 1.29 is 4.79 Å². The molecular formula is C10H15N3OS. The Balaban J connectivity index is 1.93. The molecule has 0 bridgehead atoms. The second-order valence-corrected chi connectivity index (χ2v) is 4.78. The number of nitrogens with zero attached hydrogens (tertiary/aromatic N) is 1. The third-order valence-electron chi connectivity index (χ3n) is 2.79. The summed E-state index contributed by atoms with van der Waals surface area (Å²) in [5.74, 6) is -0.0418. The summed E-state index contributed by atoms with van der Waals surface area (Å²) in [5.41, 5.74) is 7.62. The van der Waals surface area contributed by atoms with Gasteiger partial charge in [-0.25, -0.2) is 0 Å². The van der Waals surface area contributed by atoms with Crippen LogP contribution in [0.15, 0.2) is 11.7 Å². The summed E-state index contributed by atoms with van der Waals surface area (Å²) in [5, 5.41) is 2.98. The van der Waals surface area contributed by atoms with Gasteiger partial charge in [-0.1, -0.05) is 12.8 Å². The predicted molar refractivity (Wildman–Crippen MR) is 59.8 cm³/mol. The van der Waals surface area contributed by atoms with Crippen molar-refractivity contribution in [1.29, 1.82) is 0 Å². The van der Waals surface area contributed by atoms with Crippen LogP contribution in [-0.2, 0) is 0 Å². The van der Waals surface area contributed by atoms with Crippen molar-refractivity contribution in [3.05, 3.63) is 16.6 Å². The fourth-order valence-electron chi connectivity index (χ4n) is 1.91. The Labute approximate surface area is 92.9 Å². The number of amides is 1. The lowest BCUT2D eigenvalue weighted by molar-refractivity contribution is 0.0925. The van der Waals surface area contributed by atoms with Gasteiger partial charge in [-0.2, -0.15) is 0 Å². The Morgan fingerprint density at radius 3 is 3.00 bits per heavy atom. The van der Waals surface area contributed by atoms with Crippen molar-refractivity contribution in [2.75, 3.05) is 0 Å². The molecule has 0 aliphatic heterocycles. The molecule has 1 amide bonds. The standard InChI is InChI=1S/C10H15N3OS/c11-7-3-1-2-4-8(7)13-10(14)9-5-12-6-15-9/h5-8H,1-4,11H2,(H,13,14)/t7-,8-/m1/s1. The van der Waals surface area contributed by atoms with E-state index in [1.54, 1.807) is 11.7 Å². The van der Waals surface area contributed by atoms with Gasteiger partial charge in [0.2, 0.25) is 0 Å². The largest absolute Gasteiger partial charge is 0.347 e. The summed E-state index contributed by atoms with van der Waals surface area (Å²) in [6.07, 6.45) is 5.92. The topological polar surface area (TPSA) is 68.0 Å². The second-order valence-electron chi connectivity index (χ2n) is 3.89. The van der Waals surface area contributed by atoms with Gasteiger partial charge in [0, 0.05) is 12.1 Å². The maximum atomic E-state index is 11.7. The van der Waals surface area contributed by atoms with E-state index in [9.17, 15) is 4.79 Å². The van der Waals surface area contributed by atoms with Gasteiger partial charge in [0.1, 0.15) is 4.88 Å². The minimum absolute atomic E-state index is 0.0418. The molecule has 0 radical (unpaired) electrons. The zero-order chi connectivity index (χ0) is 10.7. The van der Waals surface area contributed by atoms with Gasteiger partial charge >= 0.3 is 0 Å². The Morgan fingerprint density at radius 2 is 2.33 bits per heavy atom. The molecule has 5 heteroatoms. The zero-order valence-electron chi connectivity index (χ0n) is 8.48. The summed E-state index contributed by atoms with van der Waals surface area (Å²) in [4.78, 5) is 16.3. The van der Waals surface area contributed by atoms with Crippen molar-refractivity contribution >= 4 is 17.2 Å². The lowest BCUT2D eigenvalue weighted by Gasteiger charge is -2.28. The van der Waals surface area contributed by atoms with Gasteiger partial charge in [-0.3, -0.25) is 9.78 Å². The summed E-state index contributed by atoms with van der Waals surface area (Å²) in [6, 6.07) is 0.240. The van der Waals surface area contributed by atoms with E-state index in [2.05, 4.69) is 10.3 Å². The highest BCUT2D eigenvalue weighted by Gasteiger charge is 2.23. The van der Waals surface area contributed by atoms with Gasteiger partial charge in [0.05, 0.1) is 11.7 Å². The van der Waals surface area contributed by atoms with Gasteiger partial charge in [-0.15, -0.1) is 11.3 Å². The molecule has 1 heterocycles. The third kappa shape index (κ3) is 2.54. The Hall–Kier alpha value is -0.940. The number of carbonyl (C=O) groups is 1. The molecule has 4 nitrogen and oxygen atoms in total. The lowest BCUT2D eigenvalue weighted by atomic mass is 9.91. The van der Waals surface area contributed by atoms with Crippen LogP contribution in [0.3, 0.4) is 0 Å². The van der Waals surface area contributed by atoms with Gasteiger partial charge in [0.15, 0.2) is 0 Å². The van der Waals surface area contributed by atoms with Crippen LogP contribution in [0.4, 0.5) is 0 Å². The first kappa shape index (κ1) is 10.6. The van der Waals surface area contributed by atoms with Crippen molar-refractivity contribution in [1.82, 2.24) is 10.3 Å². The van der Waals surface area contributed by atoms with Crippen LogP contribution in [-0.4, -0.2) is 23.0 Å². The van der Waals surface area contributed by atoms with E-state index < -0.39 is 0 Å². The SMILES string of the molecule is N[C@@H]1CCCC[C@H]1NC(=O)c1cncs1. The summed E-state index contributed by atoms with van der Waals surface area (Å²) in [7, 11) is 0. The Morgan fingerprint density at radius 1 is 1.53 bits per heavy atom. The van der Waals surface area contributed by atoms with E-state index in [-0.39, 0.29) is 18.0 Å². The van der Waals surface area contributed by atoms with E-state index in [1.165, 1.54) is 17.8 Å². The molecule has 1 saturated carbocycles. The summed E-state index contributed by atoms with van der Waals surface area (Å²) < 4.78 is 0. The van der Waals surface area contributed by atoms with Crippen molar-refractivity contribution in [3.63, 3.8) is 0 Å². The van der Waals surface area contributed by atoms with Gasteiger partial charge < -0.3 is 11.1 Å². The van der Waals surface area contributed by atoms with E-state index in [0.717, 1.165) is 19.3 Å². The molecule has 0 aromatic carbocycles. The average Bonchev–Trinajstić information content (AvgIpc) is 2.74. The van der Waals surface area contributed by atoms with Crippen LogP contribution >= 0.6 is 11.3 Å². The molecule has 82 valence electrons.